The van der Waals surface area contributed by atoms with E-state index in [1.807, 2.05) is 0 Å². The number of amides is 1. The molecule has 31 heavy (non-hydrogen) atoms. The summed E-state index contributed by atoms with van der Waals surface area (Å²) in [5.41, 5.74) is 7.15. The molecule has 10 nitrogen and oxygen atoms in total. The van der Waals surface area contributed by atoms with Crippen LogP contribution < -0.4 is 9.80 Å². The van der Waals surface area contributed by atoms with E-state index in [1.165, 1.54) is 28.5 Å². The van der Waals surface area contributed by atoms with Crippen molar-refractivity contribution in [2.75, 3.05) is 23.4 Å². The molecule has 0 saturated carbocycles. The second-order valence-electron chi connectivity index (χ2n) is 7.06. The van der Waals surface area contributed by atoms with Gasteiger partial charge in [-0.2, -0.15) is 23.5 Å². The van der Waals surface area contributed by atoms with Gasteiger partial charge in [0.1, 0.15) is 23.5 Å². The summed E-state index contributed by atoms with van der Waals surface area (Å²) in [4.78, 5) is 22.8. The Kier molecular flexibility index (Phi) is 5.77. The number of carbonyl (C=O) groups is 1. The van der Waals surface area contributed by atoms with Gasteiger partial charge >= 0.3 is 6.18 Å². The Morgan fingerprint density at radius 3 is 2.74 bits per heavy atom. The Balaban J connectivity index is 2.12. The van der Waals surface area contributed by atoms with Gasteiger partial charge in [-0.3, -0.25) is 14.4 Å². The van der Waals surface area contributed by atoms with Crippen LogP contribution in [0.5, 0.6) is 0 Å². The number of nitriles is 1. The predicted octanol–water partition coefficient (Wildman–Crippen LogP) is 2.93. The number of likely N-dealkylation sites (N-methyl/N-ethyl adjacent to an activating group) is 1. The van der Waals surface area contributed by atoms with Crippen LogP contribution in [0.15, 0.2) is 23.4 Å². The van der Waals surface area contributed by atoms with Crippen LogP contribution in [0.1, 0.15) is 23.2 Å². The summed E-state index contributed by atoms with van der Waals surface area (Å²) in [7, 11) is 3.13. The highest BCUT2D eigenvalue weighted by molar-refractivity contribution is 5.99. The van der Waals surface area contributed by atoms with Gasteiger partial charge in [0.05, 0.1) is 11.6 Å². The molecule has 2 atom stereocenters. The summed E-state index contributed by atoms with van der Waals surface area (Å²) < 4.78 is 42.1. The molecular formula is C18H18F3N9O. The minimum Gasteiger partial charge on any atom is -0.343 e. The summed E-state index contributed by atoms with van der Waals surface area (Å²) in [6, 6.07) is 1.96. The summed E-state index contributed by atoms with van der Waals surface area (Å²) in [5.74, 6) is -0.500. The summed E-state index contributed by atoms with van der Waals surface area (Å²) in [6.07, 6.45) is -2.94. The Morgan fingerprint density at radius 2 is 2.19 bits per heavy atom. The van der Waals surface area contributed by atoms with Crippen molar-refractivity contribution in [2.24, 2.45) is 12.2 Å². The highest BCUT2D eigenvalue weighted by Gasteiger charge is 2.44. The van der Waals surface area contributed by atoms with E-state index in [9.17, 15) is 23.2 Å². The smallest absolute Gasteiger partial charge is 0.343 e. The van der Waals surface area contributed by atoms with Gasteiger partial charge in [0.15, 0.2) is 5.82 Å². The van der Waals surface area contributed by atoms with Gasteiger partial charge < -0.3 is 4.90 Å². The number of halogens is 3. The third-order valence-electron chi connectivity index (χ3n) is 5.01. The predicted molar refractivity (Wildman–Crippen MR) is 104 cm³/mol. The van der Waals surface area contributed by atoms with Crippen molar-refractivity contribution >= 4 is 17.5 Å². The van der Waals surface area contributed by atoms with Gasteiger partial charge in [-0.25, -0.2) is 4.98 Å². The molecule has 0 unspecified atom stereocenters. The van der Waals surface area contributed by atoms with Gasteiger partial charge in [-0.1, -0.05) is 5.11 Å². The standard InChI is InChI=1S/C18H18F3N9O/c1-10-8-12(18(19,20)21)11(9-22)16(24-10)30-7-4-13(25-27-23)15(30)17(31)29(3)14-5-6-28(2)26-14/h5-6,8,13,15H,4,7H2,1-3H3/t13-,15+/m1/s1. The Hall–Kier alpha value is -3.78. The zero-order chi connectivity index (χ0) is 22.9. The maximum atomic E-state index is 13.5. The van der Waals surface area contributed by atoms with Gasteiger partial charge in [-0.05, 0) is 24.9 Å². The first-order valence-corrected chi connectivity index (χ1v) is 9.15. The van der Waals surface area contributed by atoms with Crippen LogP contribution in [-0.2, 0) is 18.0 Å². The minimum absolute atomic E-state index is 0.0397. The number of carbonyl (C=O) groups excluding carboxylic acids is 1. The van der Waals surface area contributed by atoms with Gasteiger partial charge in [0.2, 0.25) is 0 Å². The fourth-order valence-corrected chi connectivity index (χ4v) is 3.59. The Labute approximate surface area is 175 Å². The highest BCUT2D eigenvalue weighted by atomic mass is 19.4. The zero-order valence-electron chi connectivity index (χ0n) is 16.9. The lowest BCUT2D eigenvalue weighted by atomic mass is 10.1. The average Bonchev–Trinajstić information content (AvgIpc) is 3.32. The van der Waals surface area contributed by atoms with E-state index in [0.717, 1.165) is 6.07 Å². The molecule has 1 aliphatic rings. The third kappa shape index (κ3) is 4.10. The number of aryl methyl sites for hydroxylation is 2. The van der Waals surface area contributed by atoms with Crippen LogP contribution in [0.2, 0.25) is 0 Å². The lowest BCUT2D eigenvalue weighted by Crippen LogP contribution is -2.49. The molecule has 1 amide bonds. The molecular weight excluding hydrogens is 415 g/mol. The van der Waals surface area contributed by atoms with Gasteiger partial charge in [-0.15, -0.1) is 0 Å². The number of rotatable bonds is 4. The molecule has 0 spiro atoms. The van der Waals surface area contributed by atoms with E-state index in [0.29, 0.717) is 5.82 Å². The SMILES string of the molecule is Cc1cc(C(F)(F)F)c(C#N)c(N2CC[C@@H](N=[N+]=[N-])[C@H]2C(=O)N(C)c2ccn(C)n2)n1. The molecule has 0 radical (unpaired) electrons. The van der Waals surface area contributed by atoms with Crippen molar-refractivity contribution in [3.63, 3.8) is 0 Å². The van der Waals surface area contributed by atoms with Crippen molar-refractivity contribution < 1.29 is 18.0 Å². The molecule has 162 valence electrons. The van der Waals surface area contributed by atoms with E-state index < -0.39 is 35.3 Å². The van der Waals surface area contributed by atoms with Crippen LogP contribution >= 0.6 is 0 Å². The number of hydrogen-bond acceptors (Lipinski definition) is 6. The highest BCUT2D eigenvalue weighted by Crippen LogP contribution is 2.38. The van der Waals surface area contributed by atoms with Crippen LogP contribution in [-0.4, -0.2) is 46.3 Å². The zero-order valence-corrected chi connectivity index (χ0v) is 16.9. The second-order valence-corrected chi connectivity index (χ2v) is 7.06. The number of aromatic nitrogens is 3. The minimum atomic E-state index is -4.78. The molecule has 0 N–H and O–H groups in total. The maximum Gasteiger partial charge on any atom is 0.417 e. The van der Waals surface area contributed by atoms with Crippen LogP contribution in [0.4, 0.5) is 24.8 Å². The van der Waals surface area contributed by atoms with Crippen molar-refractivity contribution in [3.05, 3.63) is 45.6 Å². The second kappa shape index (κ2) is 8.16. The van der Waals surface area contributed by atoms with Crippen LogP contribution in [0.25, 0.3) is 10.4 Å². The molecule has 1 aliphatic heterocycles. The Morgan fingerprint density at radius 1 is 1.48 bits per heavy atom. The molecule has 0 aliphatic carbocycles. The quantitative estimate of drug-likeness (QED) is 0.416. The van der Waals surface area contributed by atoms with E-state index in [4.69, 9.17) is 5.53 Å². The molecule has 1 fully saturated rings. The molecule has 3 rings (SSSR count). The first-order valence-electron chi connectivity index (χ1n) is 9.15. The molecule has 0 bridgehead atoms. The molecule has 3 heterocycles. The van der Waals surface area contributed by atoms with Crippen LogP contribution in [0, 0.1) is 18.3 Å². The normalized spacial score (nSPS) is 18.4. The lowest BCUT2D eigenvalue weighted by molar-refractivity contribution is -0.137. The first kappa shape index (κ1) is 21.9. The lowest BCUT2D eigenvalue weighted by Gasteiger charge is -2.30. The molecule has 2 aromatic rings. The van der Waals surface area contributed by atoms with Crippen molar-refractivity contribution in [1.29, 1.82) is 5.26 Å². The van der Waals surface area contributed by atoms with E-state index >= 15 is 0 Å². The topological polar surface area (TPSA) is 127 Å². The fourth-order valence-electron chi connectivity index (χ4n) is 3.59. The monoisotopic (exact) mass is 433 g/mol. The first-order chi connectivity index (χ1) is 14.6. The van der Waals surface area contributed by atoms with Crippen LogP contribution in [0.3, 0.4) is 0 Å². The molecule has 1 saturated heterocycles. The van der Waals surface area contributed by atoms with Gasteiger partial charge in [0.25, 0.3) is 5.91 Å². The molecule has 2 aromatic heterocycles. The van der Waals surface area contributed by atoms with E-state index in [1.54, 1.807) is 25.4 Å². The number of alkyl halides is 3. The van der Waals surface area contributed by atoms with Crippen molar-refractivity contribution in [1.82, 2.24) is 14.8 Å². The average molecular weight is 433 g/mol. The van der Waals surface area contributed by atoms with Gasteiger partial charge in [0, 0.05) is 43.5 Å². The largest absolute Gasteiger partial charge is 0.417 e. The molecule has 13 heteroatoms. The fraction of sp³-hybridized carbons (Fsp3) is 0.444. The summed E-state index contributed by atoms with van der Waals surface area (Å²) in [6.45, 7) is 1.45. The van der Waals surface area contributed by atoms with Crippen molar-refractivity contribution in [3.8, 4) is 6.07 Å². The number of hydrogen-bond donors (Lipinski definition) is 0. The third-order valence-corrected chi connectivity index (χ3v) is 5.01. The molecule has 0 aromatic carbocycles. The summed E-state index contributed by atoms with van der Waals surface area (Å²) in [5, 5.41) is 17.3. The number of pyridine rings is 1. The number of anilines is 2. The Bertz CT molecular complexity index is 1100. The number of nitrogens with zero attached hydrogens (tertiary/aromatic N) is 9. The number of azide groups is 1. The van der Waals surface area contributed by atoms with Crippen molar-refractivity contribution in [2.45, 2.75) is 31.6 Å². The van der Waals surface area contributed by atoms with E-state index in [-0.39, 0.29) is 24.5 Å². The van der Waals surface area contributed by atoms with E-state index in [2.05, 4.69) is 20.1 Å². The summed E-state index contributed by atoms with van der Waals surface area (Å²) >= 11 is 0. The maximum absolute atomic E-state index is 13.5.